The van der Waals surface area contributed by atoms with Crippen molar-refractivity contribution in [3.05, 3.63) is 11.6 Å². The third kappa shape index (κ3) is 2.49. The number of allylic oxidation sites excluding steroid dienone is 2. The molecule has 0 aromatic heterocycles. The normalized spacial score (nSPS) is 32.2. The van der Waals surface area contributed by atoms with Crippen LogP contribution in [0.3, 0.4) is 0 Å². The maximum atomic E-state index is 12.2. The van der Waals surface area contributed by atoms with E-state index in [1.165, 1.54) is 19.3 Å². The fraction of sp³-hybridized carbons (Fsp3) is 0.769. The molecule has 0 saturated heterocycles. The Balaban J connectivity index is 2.02. The minimum atomic E-state index is 0.127. The molecule has 84 valence electrons. The quantitative estimate of drug-likeness (QED) is 0.756. The zero-order valence-electron chi connectivity index (χ0n) is 9.37. The average molecular weight is 207 g/mol. The van der Waals surface area contributed by atoms with Crippen LogP contribution in [0.4, 0.5) is 0 Å². The molecule has 0 spiro atoms. The Hall–Kier alpha value is -0.630. The molecule has 2 atom stereocenters. The molecular weight excluding hydrogens is 186 g/mol. The highest BCUT2D eigenvalue weighted by atomic mass is 16.1. The van der Waals surface area contributed by atoms with E-state index in [0.29, 0.717) is 5.78 Å². The molecule has 0 amide bonds. The number of ketones is 1. The molecule has 0 radical (unpaired) electrons. The van der Waals surface area contributed by atoms with Crippen LogP contribution >= 0.6 is 0 Å². The number of rotatable bonds is 2. The van der Waals surface area contributed by atoms with E-state index in [0.717, 1.165) is 37.7 Å². The van der Waals surface area contributed by atoms with E-state index in [1.54, 1.807) is 0 Å². The smallest absolute Gasteiger partial charge is 0.163 e. The zero-order valence-corrected chi connectivity index (χ0v) is 9.37. The molecule has 0 heterocycles. The fourth-order valence-electron chi connectivity index (χ4n) is 2.79. The molecule has 2 nitrogen and oxygen atoms in total. The number of carbonyl (C=O) groups is 1. The summed E-state index contributed by atoms with van der Waals surface area (Å²) >= 11 is 0. The van der Waals surface area contributed by atoms with Gasteiger partial charge in [0.1, 0.15) is 0 Å². The summed E-state index contributed by atoms with van der Waals surface area (Å²) in [6.07, 6.45) is 11.1. The minimum Gasteiger partial charge on any atom is -0.327 e. The number of Topliss-reactive ketones (excluding diaryl/α,β-unsaturated/α-hetero) is 1. The van der Waals surface area contributed by atoms with Crippen molar-refractivity contribution in [2.45, 2.75) is 57.4 Å². The monoisotopic (exact) mass is 207 g/mol. The van der Waals surface area contributed by atoms with Gasteiger partial charge in [0.05, 0.1) is 0 Å². The first-order valence-electron chi connectivity index (χ1n) is 6.28. The van der Waals surface area contributed by atoms with Crippen molar-refractivity contribution < 1.29 is 4.79 Å². The van der Waals surface area contributed by atoms with E-state index >= 15 is 0 Å². The Kier molecular flexibility index (Phi) is 3.57. The summed E-state index contributed by atoms with van der Waals surface area (Å²) in [7, 11) is 0. The molecule has 15 heavy (non-hydrogen) atoms. The van der Waals surface area contributed by atoms with Crippen LogP contribution in [0.1, 0.15) is 51.4 Å². The predicted molar refractivity (Wildman–Crippen MR) is 61.5 cm³/mol. The van der Waals surface area contributed by atoms with Crippen molar-refractivity contribution in [1.29, 1.82) is 0 Å². The third-order valence-electron chi connectivity index (χ3n) is 3.76. The number of hydrogen-bond donors (Lipinski definition) is 1. The molecule has 2 aliphatic carbocycles. The summed E-state index contributed by atoms with van der Waals surface area (Å²) in [5.74, 6) is 0.497. The van der Waals surface area contributed by atoms with Gasteiger partial charge in [-0.3, -0.25) is 4.79 Å². The Labute approximate surface area is 91.9 Å². The Morgan fingerprint density at radius 2 is 2.07 bits per heavy atom. The van der Waals surface area contributed by atoms with Gasteiger partial charge in [0.15, 0.2) is 5.78 Å². The summed E-state index contributed by atoms with van der Waals surface area (Å²) in [5, 5.41) is 0. The molecule has 2 heteroatoms. The number of hydrogen-bond acceptors (Lipinski definition) is 2. The van der Waals surface area contributed by atoms with E-state index in [1.807, 2.05) is 0 Å². The van der Waals surface area contributed by atoms with Crippen LogP contribution in [-0.2, 0) is 4.79 Å². The first kappa shape index (κ1) is 10.9. The maximum Gasteiger partial charge on any atom is 0.163 e. The number of carbonyl (C=O) groups excluding carboxylic acids is 1. The molecule has 2 rings (SSSR count). The molecule has 1 saturated carbocycles. The second kappa shape index (κ2) is 4.93. The molecule has 0 aromatic carbocycles. The second-order valence-electron chi connectivity index (χ2n) is 4.89. The van der Waals surface area contributed by atoms with Crippen molar-refractivity contribution in [3.63, 3.8) is 0 Å². The van der Waals surface area contributed by atoms with Gasteiger partial charge in [0.2, 0.25) is 0 Å². The van der Waals surface area contributed by atoms with Crippen LogP contribution in [0.2, 0.25) is 0 Å². The van der Waals surface area contributed by atoms with Crippen LogP contribution < -0.4 is 5.73 Å². The lowest BCUT2D eigenvalue weighted by Crippen LogP contribution is -2.31. The van der Waals surface area contributed by atoms with Gasteiger partial charge in [0, 0.05) is 12.0 Å². The van der Waals surface area contributed by atoms with Gasteiger partial charge in [-0.1, -0.05) is 18.9 Å². The molecule has 0 aliphatic heterocycles. The molecule has 0 aromatic rings. The van der Waals surface area contributed by atoms with Crippen molar-refractivity contribution >= 4 is 5.78 Å². The van der Waals surface area contributed by atoms with Crippen LogP contribution in [0.15, 0.2) is 11.6 Å². The van der Waals surface area contributed by atoms with Gasteiger partial charge in [-0.15, -0.1) is 0 Å². The van der Waals surface area contributed by atoms with E-state index < -0.39 is 0 Å². The standard InChI is InChI=1S/C13H21NO/c14-12-9-5-8-11(12)13(15)10-6-3-1-2-4-7-10/h6,11-12H,1-5,7-9,14H2. The van der Waals surface area contributed by atoms with Crippen molar-refractivity contribution in [1.82, 2.24) is 0 Å². The van der Waals surface area contributed by atoms with Gasteiger partial charge in [-0.05, 0) is 44.1 Å². The highest BCUT2D eigenvalue weighted by Gasteiger charge is 2.31. The van der Waals surface area contributed by atoms with Crippen LogP contribution in [0.25, 0.3) is 0 Å². The lowest BCUT2D eigenvalue weighted by atomic mass is 9.91. The van der Waals surface area contributed by atoms with Crippen LogP contribution in [0.5, 0.6) is 0 Å². The van der Waals surface area contributed by atoms with Gasteiger partial charge in [-0.2, -0.15) is 0 Å². The summed E-state index contributed by atoms with van der Waals surface area (Å²) < 4.78 is 0. The van der Waals surface area contributed by atoms with Crippen LogP contribution in [-0.4, -0.2) is 11.8 Å². The molecule has 2 unspecified atom stereocenters. The lowest BCUT2D eigenvalue weighted by molar-refractivity contribution is -0.119. The molecule has 2 aliphatic rings. The highest BCUT2D eigenvalue weighted by Crippen LogP contribution is 2.29. The highest BCUT2D eigenvalue weighted by molar-refractivity contribution is 5.97. The fourth-order valence-corrected chi connectivity index (χ4v) is 2.79. The lowest BCUT2D eigenvalue weighted by Gasteiger charge is -2.15. The predicted octanol–water partition coefficient (Wildman–Crippen LogP) is 2.57. The number of nitrogens with two attached hydrogens (primary N) is 1. The van der Waals surface area contributed by atoms with E-state index in [4.69, 9.17) is 5.73 Å². The second-order valence-corrected chi connectivity index (χ2v) is 4.89. The largest absolute Gasteiger partial charge is 0.327 e. The van der Waals surface area contributed by atoms with Gasteiger partial charge in [-0.25, -0.2) is 0 Å². The zero-order chi connectivity index (χ0) is 10.7. The molecule has 0 bridgehead atoms. The van der Waals surface area contributed by atoms with Crippen LogP contribution in [0, 0.1) is 5.92 Å². The van der Waals surface area contributed by atoms with E-state index in [2.05, 4.69) is 6.08 Å². The molecule has 1 fully saturated rings. The third-order valence-corrected chi connectivity index (χ3v) is 3.76. The Morgan fingerprint density at radius 1 is 1.20 bits per heavy atom. The summed E-state index contributed by atoms with van der Waals surface area (Å²) in [5.41, 5.74) is 7.06. The summed E-state index contributed by atoms with van der Waals surface area (Å²) in [4.78, 5) is 12.2. The molecule has 2 N–H and O–H groups in total. The van der Waals surface area contributed by atoms with Gasteiger partial charge in [0.25, 0.3) is 0 Å². The van der Waals surface area contributed by atoms with Crippen molar-refractivity contribution in [3.8, 4) is 0 Å². The summed E-state index contributed by atoms with van der Waals surface area (Å²) in [6, 6.07) is 0.127. The maximum absolute atomic E-state index is 12.2. The van der Waals surface area contributed by atoms with E-state index in [9.17, 15) is 4.79 Å². The van der Waals surface area contributed by atoms with Crippen molar-refractivity contribution in [2.24, 2.45) is 11.7 Å². The molecular formula is C13H21NO. The average Bonchev–Trinajstić information content (AvgIpc) is 2.53. The van der Waals surface area contributed by atoms with E-state index in [-0.39, 0.29) is 12.0 Å². The Morgan fingerprint density at radius 3 is 2.80 bits per heavy atom. The van der Waals surface area contributed by atoms with Crippen molar-refractivity contribution in [2.75, 3.05) is 0 Å². The minimum absolute atomic E-state index is 0.127. The first-order chi connectivity index (χ1) is 7.29. The van der Waals surface area contributed by atoms with Gasteiger partial charge >= 0.3 is 0 Å². The SMILES string of the molecule is NC1CCCC1C(=O)C1=CCCCCC1. The summed E-state index contributed by atoms with van der Waals surface area (Å²) in [6.45, 7) is 0. The first-order valence-corrected chi connectivity index (χ1v) is 6.28. The van der Waals surface area contributed by atoms with Gasteiger partial charge < -0.3 is 5.73 Å². The Bertz CT molecular complexity index is 270. The topological polar surface area (TPSA) is 43.1 Å².